The number of carboxylic acid groups (broad SMARTS) is 1. The van der Waals surface area contributed by atoms with Crippen molar-refractivity contribution in [2.45, 2.75) is 30.8 Å². The molecule has 2 rings (SSSR count). The maximum Gasteiger partial charge on any atom is 0.329 e. The van der Waals surface area contributed by atoms with Gasteiger partial charge < -0.3 is 25.0 Å². The number of methoxy groups -OCH3 is 1. The number of nitrogens with one attached hydrogen (secondary N) is 1. The second-order valence-electron chi connectivity index (χ2n) is 4.60. The van der Waals surface area contributed by atoms with Gasteiger partial charge in [0.25, 0.3) is 0 Å². The Bertz CT molecular complexity index is 366. The Morgan fingerprint density at radius 1 is 1.71 bits per heavy atom. The zero-order valence-electron chi connectivity index (χ0n) is 9.60. The molecule has 0 aromatic carbocycles. The molecule has 2 saturated heterocycles. The smallest absolute Gasteiger partial charge is 0.329 e. The second kappa shape index (κ2) is 3.66. The molecule has 0 spiro atoms. The third-order valence-electron chi connectivity index (χ3n) is 3.65. The van der Waals surface area contributed by atoms with Crippen molar-refractivity contribution in [3.05, 3.63) is 0 Å². The van der Waals surface area contributed by atoms with Crippen LogP contribution in [0.5, 0.6) is 0 Å². The van der Waals surface area contributed by atoms with Crippen molar-refractivity contribution >= 4 is 11.9 Å². The number of hydrogen-bond acceptors (Lipinski definition) is 5. The second-order valence-corrected chi connectivity index (χ2v) is 4.60. The maximum absolute atomic E-state index is 11.7. The van der Waals surface area contributed by atoms with Crippen molar-refractivity contribution in [3.63, 3.8) is 0 Å². The van der Waals surface area contributed by atoms with Crippen LogP contribution >= 0.6 is 0 Å². The molecule has 0 radical (unpaired) electrons. The largest absolute Gasteiger partial charge is 0.480 e. The van der Waals surface area contributed by atoms with Gasteiger partial charge in [0.2, 0.25) is 5.91 Å². The molecule has 2 aliphatic heterocycles. The summed E-state index contributed by atoms with van der Waals surface area (Å²) in [6.07, 6.45) is 0.145. The molecule has 7 heteroatoms. The van der Waals surface area contributed by atoms with Crippen molar-refractivity contribution in [1.29, 1.82) is 0 Å². The van der Waals surface area contributed by atoms with Gasteiger partial charge in [-0.1, -0.05) is 0 Å². The molecule has 96 valence electrons. The van der Waals surface area contributed by atoms with Gasteiger partial charge in [-0.15, -0.1) is 0 Å². The molecule has 2 fully saturated rings. The van der Waals surface area contributed by atoms with Gasteiger partial charge in [0.1, 0.15) is 5.60 Å². The van der Waals surface area contributed by atoms with E-state index >= 15 is 0 Å². The van der Waals surface area contributed by atoms with Crippen molar-refractivity contribution < 1.29 is 29.3 Å². The molecule has 4 unspecified atom stereocenters. The Morgan fingerprint density at radius 2 is 2.35 bits per heavy atom. The number of carbonyl (C=O) groups excluding carboxylic acids is 1. The lowest BCUT2D eigenvalue weighted by atomic mass is 9.86. The summed E-state index contributed by atoms with van der Waals surface area (Å²) >= 11 is 0. The van der Waals surface area contributed by atoms with Crippen molar-refractivity contribution in [2.24, 2.45) is 5.92 Å². The SMILES string of the molecule is COC1(CO)CC2C(=O)NC(C(=O)O)C2(C)O1. The monoisotopic (exact) mass is 245 g/mol. The fourth-order valence-electron chi connectivity index (χ4n) is 2.62. The van der Waals surface area contributed by atoms with E-state index in [9.17, 15) is 14.7 Å². The molecular weight excluding hydrogens is 230 g/mol. The van der Waals surface area contributed by atoms with Gasteiger partial charge in [-0.05, 0) is 6.92 Å². The Labute approximate surface area is 97.7 Å². The molecule has 0 aromatic rings. The zero-order chi connectivity index (χ0) is 12.8. The number of ether oxygens (including phenoxy) is 2. The molecule has 17 heavy (non-hydrogen) atoms. The highest BCUT2D eigenvalue weighted by molar-refractivity contribution is 5.92. The van der Waals surface area contributed by atoms with E-state index in [1.165, 1.54) is 7.11 Å². The molecule has 4 atom stereocenters. The van der Waals surface area contributed by atoms with Gasteiger partial charge in [0.15, 0.2) is 11.8 Å². The lowest BCUT2D eigenvalue weighted by molar-refractivity contribution is -0.255. The minimum atomic E-state index is -1.29. The summed E-state index contributed by atoms with van der Waals surface area (Å²) in [7, 11) is 1.36. The Balaban J connectivity index is 2.35. The molecule has 0 saturated carbocycles. The highest BCUT2D eigenvalue weighted by Crippen LogP contribution is 2.47. The highest BCUT2D eigenvalue weighted by atomic mass is 16.7. The first-order chi connectivity index (χ1) is 7.88. The van der Waals surface area contributed by atoms with Crippen LogP contribution in [0.25, 0.3) is 0 Å². The minimum Gasteiger partial charge on any atom is -0.480 e. The van der Waals surface area contributed by atoms with Crippen LogP contribution in [0.3, 0.4) is 0 Å². The summed E-state index contributed by atoms with van der Waals surface area (Å²) in [5.41, 5.74) is -1.19. The van der Waals surface area contributed by atoms with E-state index in [1.54, 1.807) is 6.92 Å². The first kappa shape index (κ1) is 12.3. The topological polar surface area (TPSA) is 105 Å². The van der Waals surface area contributed by atoms with Crippen LogP contribution < -0.4 is 5.32 Å². The quantitative estimate of drug-likeness (QED) is 0.570. The van der Waals surface area contributed by atoms with Crippen molar-refractivity contribution in [2.75, 3.05) is 13.7 Å². The van der Waals surface area contributed by atoms with Crippen molar-refractivity contribution in [3.8, 4) is 0 Å². The number of carboxylic acids is 1. The van der Waals surface area contributed by atoms with Gasteiger partial charge >= 0.3 is 5.97 Å². The standard InChI is InChI=1S/C10H15NO6/c1-9-5(3-10(4-12,16-2)17-9)7(13)11-6(9)8(14)15/h5-6,12H,3-4H2,1-2H3,(H,11,13)(H,14,15). The highest BCUT2D eigenvalue weighted by Gasteiger charge is 2.65. The maximum atomic E-state index is 11.7. The predicted octanol–water partition coefficient (Wildman–Crippen LogP) is -1.30. The number of aliphatic hydroxyl groups excluding tert-OH is 1. The lowest BCUT2D eigenvalue weighted by Crippen LogP contribution is -2.51. The first-order valence-corrected chi connectivity index (χ1v) is 5.28. The molecule has 0 bridgehead atoms. The van der Waals surface area contributed by atoms with E-state index in [0.29, 0.717) is 0 Å². The average molecular weight is 245 g/mol. The van der Waals surface area contributed by atoms with E-state index < -0.39 is 35.9 Å². The summed E-state index contributed by atoms with van der Waals surface area (Å²) in [5.74, 6) is -3.46. The third kappa shape index (κ3) is 1.54. The minimum absolute atomic E-state index is 0.145. The van der Waals surface area contributed by atoms with E-state index in [4.69, 9.17) is 14.6 Å². The van der Waals surface area contributed by atoms with Crippen LogP contribution in [0.2, 0.25) is 0 Å². The van der Waals surface area contributed by atoms with Crippen molar-refractivity contribution in [1.82, 2.24) is 5.32 Å². The lowest BCUT2D eigenvalue weighted by Gasteiger charge is -2.31. The molecule has 2 aliphatic rings. The summed E-state index contributed by atoms with van der Waals surface area (Å²) < 4.78 is 10.6. The van der Waals surface area contributed by atoms with Gasteiger partial charge in [-0.3, -0.25) is 4.79 Å². The summed E-state index contributed by atoms with van der Waals surface area (Å²) in [4.78, 5) is 22.8. The van der Waals surface area contributed by atoms with Crippen LogP contribution in [-0.2, 0) is 19.1 Å². The van der Waals surface area contributed by atoms with Crippen LogP contribution in [0.1, 0.15) is 13.3 Å². The number of carbonyl (C=O) groups is 2. The zero-order valence-corrected chi connectivity index (χ0v) is 9.60. The van der Waals surface area contributed by atoms with Crippen LogP contribution in [0.4, 0.5) is 0 Å². The number of aliphatic hydroxyl groups is 1. The first-order valence-electron chi connectivity index (χ1n) is 5.28. The number of hydrogen-bond donors (Lipinski definition) is 3. The third-order valence-corrected chi connectivity index (χ3v) is 3.65. The van der Waals surface area contributed by atoms with Gasteiger partial charge in [-0.25, -0.2) is 4.79 Å². The van der Waals surface area contributed by atoms with E-state index in [0.717, 1.165) is 0 Å². The Morgan fingerprint density at radius 3 is 2.82 bits per heavy atom. The predicted molar refractivity (Wildman–Crippen MR) is 54.0 cm³/mol. The Kier molecular flexibility index (Phi) is 2.64. The number of amides is 1. The average Bonchev–Trinajstić information content (AvgIpc) is 2.71. The molecule has 0 aliphatic carbocycles. The number of aliphatic carboxylic acids is 1. The fourth-order valence-corrected chi connectivity index (χ4v) is 2.62. The van der Waals surface area contributed by atoms with Crippen LogP contribution in [0, 0.1) is 5.92 Å². The Hall–Kier alpha value is -1.18. The number of fused-ring (bicyclic) bond motifs is 1. The van der Waals surface area contributed by atoms with Crippen LogP contribution in [0.15, 0.2) is 0 Å². The number of rotatable bonds is 3. The normalized spacial score (nSPS) is 44.5. The summed E-state index contributed by atoms with van der Waals surface area (Å²) in [6.45, 7) is 1.12. The van der Waals surface area contributed by atoms with Gasteiger partial charge in [0.05, 0.1) is 12.5 Å². The van der Waals surface area contributed by atoms with Gasteiger partial charge in [0, 0.05) is 13.5 Å². The molecule has 1 amide bonds. The van der Waals surface area contributed by atoms with E-state index in [-0.39, 0.29) is 12.3 Å². The molecule has 3 N–H and O–H groups in total. The molecule has 7 nitrogen and oxygen atoms in total. The fraction of sp³-hybridized carbons (Fsp3) is 0.800. The molecule has 0 aromatic heterocycles. The molecule has 2 heterocycles. The molecular formula is C10H15NO6. The van der Waals surface area contributed by atoms with E-state index in [2.05, 4.69) is 5.32 Å². The van der Waals surface area contributed by atoms with E-state index in [1.807, 2.05) is 0 Å². The summed E-state index contributed by atoms with van der Waals surface area (Å²) in [5, 5.41) is 20.7. The van der Waals surface area contributed by atoms with Crippen LogP contribution in [-0.4, -0.2) is 53.2 Å². The van der Waals surface area contributed by atoms with Gasteiger partial charge in [-0.2, -0.15) is 0 Å². The summed E-state index contributed by atoms with van der Waals surface area (Å²) in [6, 6.07) is -1.12.